The van der Waals surface area contributed by atoms with E-state index in [1.54, 1.807) is 6.07 Å². The SMILES string of the molecule is O=C(O)c1ccc(Sc2nccc(=O)[nH]2)cc1Cl. The molecule has 2 aromatic rings. The molecule has 0 amide bonds. The first-order valence-corrected chi connectivity index (χ1v) is 6.02. The van der Waals surface area contributed by atoms with Gasteiger partial charge in [0.1, 0.15) is 0 Å². The molecule has 7 heteroatoms. The van der Waals surface area contributed by atoms with Gasteiger partial charge in [-0.25, -0.2) is 9.78 Å². The molecule has 1 aromatic heterocycles. The van der Waals surface area contributed by atoms with Crippen LogP contribution in [-0.4, -0.2) is 21.0 Å². The van der Waals surface area contributed by atoms with E-state index in [1.807, 2.05) is 0 Å². The molecule has 2 rings (SSSR count). The van der Waals surface area contributed by atoms with Crippen molar-refractivity contribution in [1.82, 2.24) is 9.97 Å². The fourth-order valence-corrected chi connectivity index (χ4v) is 2.38. The molecule has 2 N–H and O–H groups in total. The van der Waals surface area contributed by atoms with Crippen LogP contribution in [0.5, 0.6) is 0 Å². The van der Waals surface area contributed by atoms with E-state index < -0.39 is 5.97 Å². The first kappa shape index (κ1) is 12.7. The highest BCUT2D eigenvalue weighted by Gasteiger charge is 2.09. The first-order valence-electron chi connectivity index (χ1n) is 4.82. The van der Waals surface area contributed by atoms with Crippen molar-refractivity contribution in [3.05, 3.63) is 51.4 Å². The standard InChI is InChI=1S/C11H7ClN2O3S/c12-8-5-6(1-2-7(8)10(16)17)18-11-13-4-3-9(15)14-11/h1-5H,(H,16,17)(H,13,14,15). The lowest BCUT2D eigenvalue weighted by Gasteiger charge is -2.03. The molecule has 0 saturated heterocycles. The third kappa shape index (κ3) is 2.91. The average molecular weight is 283 g/mol. The van der Waals surface area contributed by atoms with Crippen LogP contribution in [0.4, 0.5) is 0 Å². The Morgan fingerprint density at radius 1 is 1.39 bits per heavy atom. The van der Waals surface area contributed by atoms with Crippen LogP contribution in [-0.2, 0) is 0 Å². The van der Waals surface area contributed by atoms with Gasteiger partial charge in [-0.05, 0) is 18.2 Å². The van der Waals surface area contributed by atoms with Gasteiger partial charge in [-0.3, -0.25) is 4.79 Å². The summed E-state index contributed by atoms with van der Waals surface area (Å²) in [6.45, 7) is 0. The van der Waals surface area contributed by atoms with Gasteiger partial charge in [-0.15, -0.1) is 0 Å². The predicted molar refractivity (Wildman–Crippen MR) is 67.4 cm³/mol. The maximum Gasteiger partial charge on any atom is 0.337 e. The third-order valence-corrected chi connectivity index (χ3v) is 3.24. The molecular weight excluding hydrogens is 276 g/mol. The maximum absolute atomic E-state index is 11.1. The van der Waals surface area contributed by atoms with E-state index in [1.165, 1.54) is 36.2 Å². The minimum absolute atomic E-state index is 0.0375. The molecule has 1 heterocycles. The van der Waals surface area contributed by atoms with Gasteiger partial charge in [0.25, 0.3) is 5.56 Å². The molecular formula is C11H7ClN2O3S. The van der Waals surface area contributed by atoms with Crippen molar-refractivity contribution < 1.29 is 9.90 Å². The number of carbonyl (C=O) groups is 1. The Bertz CT molecular complexity index is 657. The molecule has 0 aliphatic carbocycles. The zero-order valence-corrected chi connectivity index (χ0v) is 10.5. The summed E-state index contributed by atoms with van der Waals surface area (Å²) in [6.07, 6.45) is 1.40. The monoisotopic (exact) mass is 282 g/mol. The fraction of sp³-hybridized carbons (Fsp3) is 0. The number of carboxylic acids is 1. The minimum Gasteiger partial charge on any atom is -0.478 e. The molecule has 0 radical (unpaired) electrons. The van der Waals surface area contributed by atoms with Gasteiger partial charge < -0.3 is 10.1 Å². The van der Waals surface area contributed by atoms with Gasteiger partial charge in [0.05, 0.1) is 10.6 Å². The lowest BCUT2D eigenvalue weighted by atomic mass is 10.2. The number of hydrogen-bond donors (Lipinski definition) is 2. The van der Waals surface area contributed by atoms with Crippen LogP contribution >= 0.6 is 23.4 Å². The van der Waals surface area contributed by atoms with E-state index in [0.717, 1.165) is 0 Å². The van der Waals surface area contributed by atoms with Crippen LogP contribution in [0.1, 0.15) is 10.4 Å². The molecule has 0 aliphatic rings. The molecule has 92 valence electrons. The van der Waals surface area contributed by atoms with Crippen LogP contribution in [0.2, 0.25) is 5.02 Å². The second-order valence-corrected chi connectivity index (χ2v) is 4.76. The number of carboxylic acid groups (broad SMARTS) is 1. The topological polar surface area (TPSA) is 83.0 Å². The molecule has 0 aliphatic heterocycles. The highest BCUT2D eigenvalue weighted by atomic mass is 35.5. The second kappa shape index (κ2) is 5.24. The molecule has 0 fully saturated rings. The summed E-state index contributed by atoms with van der Waals surface area (Å²) in [7, 11) is 0. The van der Waals surface area contributed by atoms with Gasteiger partial charge in [-0.1, -0.05) is 23.4 Å². The van der Waals surface area contributed by atoms with E-state index in [4.69, 9.17) is 16.7 Å². The lowest BCUT2D eigenvalue weighted by Crippen LogP contribution is -2.05. The number of rotatable bonds is 3. The van der Waals surface area contributed by atoms with Crippen molar-refractivity contribution in [3.63, 3.8) is 0 Å². The van der Waals surface area contributed by atoms with Crippen molar-refractivity contribution >= 4 is 29.3 Å². The zero-order chi connectivity index (χ0) is 13.1. The van der Waals surface area contributed by atoms with Crippen molar-refractivity contribution in [2.75, 3.05) is 0 Å². The largest absolute Gasteiger partial charge is 0.478 e. The van der Waals surface area contributed by atoms with Gasteiger partial charge in [-0.2, -0.15) is 0 Å². The Morgan fingerprint density at radius 2 is 2.17 bits per heavy atom. The summed E-state index contributed by atoms with van der Waals surface area (Å²) in [4.78, 5) is 29.1. The number of hydrogen-bond acceptors (Lipinski definition) is 4. The van der Waals surface area contributed by atoms with E-state index in [2.05, 4.69) is 9.97 Å². The Hall–Kier alpha value is -1.79. The average Bonchev–Trinajstić information content (AvgIpc) is 2.28. The highest BCUT2D eigenvalue weighted by Crippen LogP contribution is 2.28. The quantitative estimate of drug-likeness (QED) is 0.844. The van der Waals surface area contributed by atoms with E-state index >= 15 is 0 Å². The van der Waals surface area contributed by atoms with Crippen molar-refractivity contribution in [2.24, 2.45) is 0 Å². The number of benzene rings is 1. The van der Waals surface area contributed by atoms with E-state index in [-0.39, 0.29) is 16.1 Å². The Labute approximate surface area is 111 Å². The molecule has 0 saturated carbocycles. The Morgan fingerprint density at radius 3 is 2.78 bits per heavy atom. The van der Waals surface area contributed by atoms with Gasteiger partial charge in [0, 0.05) is 17.2 Å². The molecule has 5 nitrogen and oxygen atoms in total. The molecule has 0 unspecified atom stereocenters. The first-order chi connectivity index (χ1) is 8.56. The summed E-state index contributed by atoms with van der Waals surface area (Å²) < 4.78 is 0. The van der Waals surface area contributed by atoms with Crippen LogP contribution < -0.4 is 5.56 Å². The van der Waals surface area contributed by atoms with Crippen LogP contribution in [0.15, 0.2) is 45.3 Å². The van der Waals surface area contributed by atoms with Crippen LogP contribution in [0.3, 0.4) is 0 Å². The number of H-pyrrole nitrogens is 1. The van der Waals surface area contributed by atoms with Gasteiger partial charge >= 0.3 is 5.97 Å². The molecule has 0 bridgehead atoms. The van der Waals surface area contributed by atoms with E-state index in [0.29, 0.717) is 10.1 Å². The Kier molecular flexibility index (Phi) is 3.69. The maximum atomic E-state index is 11.1. The number of nitrogens with one attached hydrogen (secondary N) is 1. The zero-order valence-electron chi connectivity index (χ0n) is 8.88. The summed E-state index contributed by atoms with van der Waals surface area (Å²) >= 11 is 7.03. The third-order valence-electron chi connectivity index (χ3n) is 2.03. The highest BCUT2D eigenvalue weighted by molar-refractivity contribution is 7.99. The molecule has 18 heavy (non-hydrogen) atoms. The van der Waals surface area contributed by atoms with Crippen molar-refractivity contribution in [1.29, 1.82) is 0 Å². The fourth-order valence-electron chi connectivity index (χ4n) is 1.25. The summed E-state index contributed by atoms with van der Waals surface area (Å²) in [5.41, 5.74) is -0.212. The number of aromatic amines is 1. The van der Waals surface area contributed by atoms with Gasteiger partial charge in [0.15, 0.2) is 5.16 Å². The van der Waals surface area contributed by atoms with Gasteiger partial charge in [0.2, 0.25) is 0 Å². The summed E-state index contributed by atoms with van der Waals surface area (Å²) in [5, 5.41) is 9.39. The number of nitrogens with zero attached hydrogens (tertiary/aromatic N) is 1. The normalized spacial score (nSPS) is 10.3. The van der Waals surface area contributed by atoms with Crippen molar-refractivity contribution in [3.8, 4) is 0 Å². The summed E-state index contributed by atoms with van der Waals surface area (Å²) in [6, 6.07) is 5.84. The molecule has 0 atom stereocenters. The van der Waals surface area contributed by atoms with E-state index in [9.17, 15) is 9.59 Å². The number of aromatic nitrogens is 2. The predicted octanol–water partition coefficient (Wildman–Crippen LogP) is 2.27. The minimum atomic E-state index is -1.08. The number of aromatic carboxylic acids is 1. The smallest absolute Gasteiger partial charge is 0.337 e. The Balaban J connectivity index is 2.28. The molecule has 0 spiro atoms. The van der Waals surface area contributed by atoms with Crippen molar-refractivity contribution in [2.45, 2.75) is 10.1 Å². The van der Waals surface area contributed by atoms with Crippen LogP contribution in [0, 0.1) is 0 Å². The molecule has 1 aromatic carbocycles. The second-order valence-electron chi connectivity index (χ2n) is 3.29. The number of halogens is 1. The lowest BCUT2D eigenvalue weighted by molar-refractivity contribution is 0.0697. The summed E-state index contributed by atoms with van der Waals surface area (Å²) in [5.74, 6) is -1.08. The van der Waals surface area contributed by atoms with Crippen LogP contribution in [0.25, 0.3) is 0 Å².